The Labute approximate surface area is 202 Å². The van der Waals surface area contributed by atoms with Gasteiger partial charge in [0.25, 0.3) is 5.91 Å². The molecule has 0 unspecified atom stereocenters. The molecule has 6 nitrogen and oxygen atoms in total. The first kappa shape index (κ1) is 23.3. The number of hydrogen-bond acceptors (Lipinski definition) is 6. The van der Waals surface area contributed by atoms with Gasteiger partial charge in [-0.3, -0.25) is 9.59 Å². The second kappa shape index (κ2) is 10.9. The van der Waals surface area contributed by atoms with Gasteiger partial charge in [-0.25, -0.2) is 0 Å². The highest BCUT2D eigenvalue weighted by atomic mass is 32.1. The molecule has 1 aliphatic rings. The third kappa shape index (κ3) is 5.39. The van der Waals surface area contributed by atoms with Crippen LogP contribution in [0.3, 0.4) is 0 Å². The van der Waals surface area contributed by atoms with Gasteiger partial charge in [-0.1, -0.05) is 19.1 Å². The van der Waals surface area contributed by atoms with Crippen molar-refractivity contribution in [3.05, 3.63) is 68.5 Å². The Balaban J connectivity index is 1.51. The number of nitrogens with zero attached hydrogens (tertiary/aromatic N) is 2. The molecular formula is C25H28N2O4S2. The number of carbonyl (C=O) groups excluding carboxylic acids is 2. The van der Waals surface area contributed by atoms with E-state index in [-0.39, 0.29) is 24.4 Å². The van der Waals surface area contributed by atoms with E-state index in [0.29, 0.717) is 30.3 Å². The summed E-state index contributed by atoms with van der Waals surface area (Å²) in [4.78, 5) is 31.9. The molecule has 3 heterocycles. The number of rotatable bonds is 9. The summed E-state index contributed by atoms with van der Waals surface area (Å²) in [6.07, 6.45) is 1.61. The van der Waals surface area contributed by atoms with Crippen LogP contribution < -0.4 is 9.47 Å². The number of amides is 2. The molecule has 0 saturated heterocycles. The van der Waals surface area contributed by atoms with Gasteiger partial charge in [0.1, 0.15) is 24.7 Å². The number of ether oxygens (including phenoxy) is 2. The first-order valence-electron chi connectivity index (χ1n) is 11.1. The van der Waals surface area contributed by atoms with Crippen molar-refractivity contribution >= 4 is 34.5 Å². The van der Waals surface area contributed by atoms with Crippen LogP contribution in [-0.4, -0.2) is 55.0 Å². The lowest BCUT2D eigenvalue weighted by atomic mass is 10.0. The number of methoxy groups -OCH3 is 1. The van der Waals surface area contributed by atoms with E-state index >= 15 is 0 Å². The summed E-state index contributed by atoms with van der Waals surface area (Å²) in [5.41, 5.74) is 1.13. The molecule has 1 aliphatic heterocycles. The van der Waals surface area contributed by atoms with E-state index in [1.165, 1.54) is 16.2 Å². The Kier molecular flexibility index (Phi) is 7.67. The quantitative estimate of drug-likeness (QED) is 0.435. The highest BCUT2D eigenvalue weighted by Crippen LogP contribution is 2.34. The van der Waals surface area contributed by atoms with Gasteiger partial charge in [0.2, 0.25) is 5.91 Å². The first-order chi connectivity index (χ1) is 16.1. The second-order valence-corrected chi connectivity index (χ2v) is 9.79. The summed E-state index contributed by atoms with van der Waals surface area (Å²) in [6, 6.07) is 13.0. The standard InChI is InChI=1S/C25H28N2O4S2/c1-3-11-26(25(29)23-8-5-13-32-23)16-24(28)27-12-9-22-20(10-14-33-22)21(27)17-31-19-7-4-6-18(15-19)30-2/h4-8,10,13-15,21H,3,9,11-12,16-17H2,1-2H3/t21-/m0/s1. The monoisotopic (exact) mass is 484 g/mol. The summed E-state index contributed by atoms with van der Waals surface area (Å²) in [7, 11) is 1.62. The predicted octanol–water partition coefficient (Wildman–Crippen LogP) is 4.88. The molecular weight excluding hydrogens is 456 g/mol. The van der Waals surface area contributed by atoms with Gasteiger partial charge in [0.15, 0.2) is 0 Å². The molecule has 3 aromatic rings. The average Bonchev–Trinajstić information content (AvgIpc) is 3.54. The number of carbonyl (C=O) groups is 2. The van der Waals surface area contributed by atoms with Crippen molar-refractivity contribution in [2.45, 2.75) is 25.8 Å². The highest BCUT2D eigenvalue weighted by Gasteiger charge is 2.33. The lowest BCUT2D eigenvalue weighted by Crippen LogP contribution is -2.48. The van der Waals surface area contributed by atoms with Gasteiger partial charge < -0.3 is 19.3 Å². The van der Waals surface area contributed by atoms with Crippen LogP contribution in [0.15, 0.2) is 53.2 Å². The van der Waals surface area contributed by atoms with Crippen LogP contribution in [0, 0.1) is 0 Å². The van der Waals surface area contributed by atoms with Crippen molar-refractivity contribution in [3.8, 4) is 11.5 Å². The van der Waals surface area contributed by atoms with E-state index in [9.17, 15) is 9.59 Å². The molecule has 1 atom stereocenters. The van der Waals surface area contributed by atoms with Crippen LogP contribution >= 0.6 is 22.7 Å². The molecule has 33 heavy (non-hydrogen) atoms. The van der Waals surface area contributed by atoms with Gasteiger partial charge in [-0.2, -0.15) is 0 Å². The Morgan fingerprint density at radius 3 is 2.73 bits per heavy atom. The zero-order chi connectivity index (χ0) is 23.2. The molecule has 0 aliphatic carbocycles. The second-order valence-electron chi connectivity index (χ2n) is 7.85. The van der Waals surface area contributed by atoms with Crippen LogP contribution in [0.1, 0.15) is 39.5 Å². The molecule has 4 rings (SSSR count). The Morgan fingerprint density at radius 1 is 1.12 bits per heavy atom. The molecule has 0 saturated carbocycles. The van der Waals surface area contributed by atoms with E-state index in [1.54, 1.807) is 23.3 Å². The number of benzene rings is 1. The van der Waals surface area contributed by atoms with Crippen molar-refractivity contribution in [1.82, 2.24) is 9.80 Å². The molecule has 0 fully saturated rings. The largest absolute Gasteiger partial charge is 0.497 e. The van der Waals surface area contributed by atoms with E-state index in [4.69, 9.17) is 9.47 Å². The summed E-state index contributed by atoms with van der Waals surface area (Å²) in [5, 5.41) is 3.95. The maximum absolute atomic E-state index is 13.5. The molecule has 1 aromatic carbocycles. The van der Waals surface area contributed by atoms with Crippen LogP contribution in [-0.2, 0) is 11.2 Å². The third-order valence-electron chi connectivity index (χ3n) is 5.70. The van der Waals surface area contributed by atoms with E-state index in [0.717, 1.165) is 24.2 Å². The smallest absolute Gasteiger partial charge is 0.264 e. The number of fused-ring (bicyclic) bond motifs is 1. The molecule has 2 aromatic heterocycles. The van der Waals surface area contributed by atoms with Gasteiger partial charge in [-0.05, 0) is 53.4 Å². The minimum absolute atomic E-state index is 0.0514. The van der Waals surface area contributed by atoms with Crippen LogP contribution in [0.5, 0.6) is 11.5 Å². The fourth-order valence-electron chi connectivity index (χ4n) is 4.07. The van der Waals surface area contributed by atoms with Crippen molar-refractivity contribution < 1.29 is 19.1 Å². The highest BCUT2D eigenvalue weighted by molar-refractivity contribution is 7.12. The van der Waals surface area contributed by atoms with Crippen molar-refractivity contribution in [2.24, 2.45) is 0 Å². The van der Waals surface area contributed by atoms with E-state index in [2.05, 4.69) is 11.4 Å². The third-order valence-corrected chi connectivity index (χ3v) is 7.56. The van der Waals surface area contributed by atoms with Crippen molar-refractivity contribution in [2.75, 3.05) is 33.4 Å². The summed E-state index contributed by atoms with van der Waals surface area (Å²) >= 11 is 3.12. The minimum atomic E-state index is -0.195. The Bertz CT molecular complexity index is 1080. The summed E-state index contributed by atoms with van der Waals surface area (Å²) in [5.74, 6) is 1.29. The maximum Gasteiger partial charge on any atom is 0.264 e. The molecule has 2 amide bonds. The zero-order valence-corrected chi connectivity index (χ0v) is 20.5. The van der Waals surface area contributed by atoms with Crippen LogP contribution in [0.4, 0.5) is 0 Å². The normalized spacial score (nSPS) is 15.1. The van der Waals surface area contributed by atoms with Gasteiger partial charge in [0, 0.05) is 24.0 Å². The maximum atomic E-state index is 13.5. The number of hydrogen-bond donors (Lipinski definition) is 0. The molecule has 0 bridgehead atoms. The van der Waals surface area contributed by atoms with Gasteiger partial charge >= 0.3 is 0 Å². The average molecular weight is 485 g/mol. The van der Waals surface area contributed by atoms with Gasteiger partial charge in [0.05, 0.1) is 18.0 Å². The topological polar surface area (TPSA) is 59.1 Å². The van der Waals surface area contributed by atoms with Crippen molar-refractivity contribution in [3.63, 3.8) is 0 Å². The molecule has 0 N–H and O–H groups in total. The minimum Gasteiger partial charge on any atom is -0.497 e. The van der Waals surface area contributed by atoms with Crippen molar-refractivity contribution in [1.29, 1.82) is 0 Å². The van der Waals surface area contributed by atoms with Gasteiger partial charge in [-0.15, -0.1) is 22.7 Å². The van der Waals surface area contributed by atoms with E-state index < -0.39 is 0 Å². The summed E-state index contributed by atoms with van der Waals surface area (Å²) in [6.45, 7) is 3.59. The van der Waals surface area contributed by atoms with Crippen LogP contribution in [0.2, 0.25) is 0 Å². The zero-order valence-electron chi connectivity index (χ0n) is 18.9. The first-order valence-corrected chi connectivity index (χ1v) is 12.8. The molecule has 0 radical (unpaired) electrons. The fraction of sp³-hybridized carbons (Fsp3) is 0.360. The molecule has 8 heteroatoms. The Morgan fingerprint density at radius 2 is 1.97 bits per heavy atom. The fourth-order valence-corrected chi connectivity index (χ4v) is 5.69. The SMILES string of the molecule is CCCN(CC(=O)N1CCc2sccc2[C@@H]1COc1cccc(OC)c1)C(=O)c1cccs1. The summed E-state index contributed by atoms with van der Waals surface area (Å²) < 4.78 is 11.4. The number of thiophene rings is 2. The van der Waals surface area contributed by atoms with E-state index in [1.807, 2.05) is 53.6 Å². The Hall–Kier alpha value is -2.84. The molecule has 174 valence electrons. The molecule has 0 spiro atoms. The lowest BCUT2D eigenvalue weighted by Gasteiger charge is -2.37. The van der Waals surface area contributed by atoms with Crippen LogP contribution in [0.25, 0.3) is 0 Å². The predicted molar refractivity (Wildman–Crippen MR) is 131 cm³/mol. The lowest BCUT2D eigenvalue weighted by molar-refractivity contribution is -0.135.